The highest BCUT2D eigenvalue weighted by Crippen LogP contribution is 2.27. The van der Waals surface area contributed by atoms with Crippen LogP contribution in [0.3, 0.4) is 0 Å². The maximum atomic E-state index is 12.5. The number of hydrogen-bond donors (Lipinski definition) is 3. The van der Waals surface area contributed by atoms with E-state index in [-0.39, 0.29) is 17.0 Å². The van der Waals surface area contributed by atoms with E-state index in [1.807, 2.05) is 6.07 Å². The number of amides is 1. The van der Waals surface area contributed by atoms with Gasteiger partial charge in [-0.15, -0.1) is 0 Å². The van der Waals surface area contributed by atoms with Gasteiger partial charge in [0.2, 0.25) is 0 Å². The van der Waals surface area contributed by atoms with Gasteiger partial charge in [-0.1, -0.05) is 35.9 Å². The molecule has 0 aliphatic heterocycles. The Kier molecular flexibility index (Phi) is 4.10. The van der Waals surface area contributed by atoms with Gasteiger partial charge in [0, 0.05) is 21.7 Å². The lowest BCUT2D eigenvalue weighted by Gasteiger charge is -2.10. The molecule has 5 nitrogen and oxygen atoms in total. The van der Waals surface area contributed by atoms with Crippen molar-refractivity contribution < 1.29 is 19.8 Å². The molecule has 0 aliphatic carbocycles. The van der Waals surface area contributed by atoms with Gasteiger partial charge in [0.1, 0.15) is 11.3 Å². The third kappa shape index (κ3) is 2.89. The number of carboxylic acids is 1. The van der Waals surface area contributed by atoms with Crippen LogP contribution in [-0.4, -0.2) is 22.1 Å². The lowest BCUT2D eigenvalue weighted by molar-refractivity contribution is 0.0693. The summed E-state index contributed by atoms with van der Waals surface area (Å²) in [5, 5.41) is 23.2. The first kappa shape index (κ1) is 15.8. The van der Waals surface area contributed by atoms with E-state index in [0.717, 1.165) is 5.39 Å². The predicted octanol–water partition coefficient (Wildman–Crippen LogP) is 4.15. The van der Waals surface area contributed by atoms with Crippen LogP contribution in [0.5, 0.6) is 5.75 Å². The van der Waals surface area contributed by atoms with Gasteiger partial charge in [0.25, 0.3) is 5.91 Å². The first-order chi connectivity index (χ1) is 11.5. The molecular weight excluding hydrogens is 330 g/mol. The Labute approximate surface area is 142 Å². The molecule has 0 aromatic heterocycles. The van der Waals surface area contributed by atoms with Gasteiger partial charge in [-0.2, -0.15) is 0 Å². The van der Waals surface area contributed by atoms with Crippen LogP contribution in [0.1, 0.15) is 20.7 Å². The number of nitrogens with one attached hydrogen (secondary N) is 1. The summed E-state index contributed by atoms with van der Waals surface area (Å²) in [5.41, 5.74) is 0.406. The first-order valence-corrected chi connectivity index (χ1v) is 7.40. The molecule has 0 aliphatic rings. The van der Waals surface area contributed by atoms with Crippen LogP contribution in [0.4, 0.5) is 5.69 Å². The molecule has 0 unspecified atom stereocenters. The zero-order chi connectivity index (χ0) is 17.3. The number of fused-ring (bicyclic) bond motifs is 1. The number of rotatable bonds is 3. The summed E-state index contributed by atoms with van der Waals surface area (Å²) in [4.78, 5) is 23.6. The zero-order valence-electron chi connectivity index (χ0n) is 12.3. The third-order valence-electron chi connectivity index (χ3n) is 3.60. The minimum Gasteiger partial charge on any atom is -0.507 e. The summed E-state index contributed by atoms with van der Waals surface area (Å²) in [5.74, 6) is -2.04. The predicted molar refractivity (Wildman–Crippen MR) is 92.0 cm³/mol. The van der Waals surface area contributed by atoms with Gasteiger partial charge in [-0.25, -0.2) is 4.79 Å². The Morgan fingerprint density at radius 1 is 0.917 bits per heavy atom. The Balaban J connectivity index is 1.98. The molecule has 0 bridgehead atoms. The second-order valence-electron chi connectivity index (χ2n) is 5.13. The molecule has 3 N–H and O–H groups in total. The summed E-state index contributed by atoms with van der Waals surface area (Å²) in [6.07, 6.45) is 0. The van der Waals surface area contributed by atoms with Crippen molar-refractivity contribution in [2.24, 2.45) is 0 Å². The standard InChI is InChI=1S/C18H12ClNO4/c19-15-6-2-3-11-12(15)4-1-5-13(11)17(22)20-10-7-8-16(21)14(9-10)18(23)24/h1-9,21H,(H,20,22)(H,23,24). The average molecular weight is 342 g/mol. The second kappa shape index (κ2) is 6.22. The second-order valence-corrected chi connectivity index (χ2v) is 5.54. The lowest BCUT2D eigenvalue weighted by Crippen LogP contribution is -2.13. The van der Waals surface area contributed by atoms with Crippen LogP contribution in [0.15, 0.2) is 54.6 Å². The molecular formula is C18H12ClNO4. The highest BCUT2D eigenvalue weighted by Gasteiger charge is 2.14. The number of carbonyl (C=O) groups excluding carboxylic acids is 1. The molecule has 0 atom stereocenters. The van der Waals surface area contributed by atoms with E-state index < -0.39 is 11.9 Å². The molecule has 0 radical (unpaired) electrons. The molecule has 120 valence electrons. The van der Waals surface area contributed by atoms with Crippen LogP contribution in [0.2, 0.25) is 5.02 Å². The quantitative estimate of drug-likeness (QED) is 0.624. The molecule has 3 aromatic rings. The Morgan fingerprint density at radius 3 is 2.38 bits per heavy atom. The summed E-state index contributed by atoms with van der Waals surface area (Å²) >= 11 is 6.14. The lowest BCUT2D eigenvalue weighted by atomic mass is 10.0. The van der Waals surface area contributed by atoms with Crippen LogP contribution < -0.4 is 5.32 Å². The normalized spacial score (nSPS) is 10.5. The average Bonchev–Trinajstić information content (AvgIpc) is 2.56. The molecule has 0 spiro atoms. The Bertz CT molecular complexity index is 968. The van der Waals surface area contributed by atoms with E-state index in [2.05, 4.69) is 5.32 Å². The zero-order valence-corrected chi connectivity index (χ0v) is 13.0. The van der Waals surface area contributed by atoms with E-state index >= 15 is 0 Å². The molecule has 0 saturated heterocycles. The van der Waals surface area contributed by atoms with E-state index in [4.69, 9.17) is 16.7 Å². The van der Waals surface area contributed by atoms with Crippen molar-refractivity contribution in [1.29, 1.82) is 0 Å². The fourth-order valence-electron chi connectivity index (χ4n) is 2.45. The molecule has 1 amide bonds. The van der Waals surface area contributed by atoms with Gasteiger partial charge in [0.15, 0.2) is 0 Å². The summed E-state index contributed by atoms with van der Waals surface area (Å²) < 4.78 is 0. The molecule has 3 rings (SSSR count). The van der Waals surface area contributed by atoms with E-state index in [9.17, 15) is 14.7 Å². The van der Waals surface area contributed by atoms with Crippen molar-refractivity contribution in [2.75, 3.05) is 5.32 Å². The van der Waals surface area contributed by atoms with E-state index in [0.29, 0.717) is 16.0 Å². The highest BCUT2D eigenvalue weighted by atomic mass is 35.5. The topological polar surface area (TPSA) is 86.6 Å². The molecule has 3 aromatic carbocycles. The smallest absolute Gasteiger partial charge is 0.339 e. The monoisotopic (exact) mass is 341 g/mol. The number of aromatic hydroxyl groups is 1. The van der Waals surface area contributed by atoms with Crippen molar-refractivity contribution in [3.8, 4) is 5.75 Å². The van der Waals surface area contributed by atoms with Gasteiger partial charge in [-0.05, 0) is 35.7 Å². The van der Waals surface area contributed by atoms with Crippen molar-refractivity contribution >= 4 is 39.9 Å². The van der Waals surface area contributed by atoms with Crippen LogP contribution in [-0.2, 0) is 0 Å². The number of aromatic carboxylic acids is 1. The van der Waals surface area contributed by atoms with Crippen LogP contribution in [0, 0.1) is 0 Å². The molecule has 24 heavy (non-hydrogen) atoms. The SMILES string of the molecule is O=C(O)c1cc(NC(=O)c2cccc3c(Cl)cccc23)ccc1O. The number of halogens is 1. The molecule has 0 fully saturated rings. The van der Waals surface area contributed by atoms with Gasteiger partial charge >= 0.3 is 5.97 Å². The number of hydrogen-bond acceptors (Lipinski definition) is 3. The number of phenols is 1. The largest absolute Gasteiger partial charge is 0.507 e. The van der Waals surface area contributed by atoms with Crippen molar-refractivity contribution in [3.05, 3.63) is 70.7 Å². The fourth-order valence-corrected chi connectivity index (χ4v) is 2.69. The van der Waals surface area contributed by atoms with Crippen LogP contribution in [0.25, 0.3) is 10.8 Å². The molecule has 0 saturated carbocycles. The number of carboxylic acid groups (broad SMARTS) is 1. The van der Waals surface area contributed by atoms with E-state index in [1.165, 1.54) is 18.2 Å². The number of benzene rings is 3. The number of carbonyl (C=O) groups is 2. The Hall–Kier alpha value is -3.05. The van der Waals surface area contributed by atoms with Crippen molar-refractivity contribution in [2.45, 2.75) is 0 Å². The summed E-state index contributed by atoms with van der Waals surface area (Å²) in [6, 6.07) is 14.3. The van der Waals surface area contributed by atoms with Gasteiger partial charge in [-0.3, -0.25) is 4.79 Å². The summed E-state index contributed by atoms with van der Waals surface area (Å²) in [7, 11) is 0. The minimum atomic E-state index is -1.28. The fraction of sp³-hybridized carbons (Fsp3) is 0. The Morgan fingerprint density at radius 2 is 1.62 bits per heavy atom. The third-order valence-corrected chi connectivity index (χ3v) is 3.93. The number of anilines is 1. The highest BCUT2D eigenvalue weighted by molar-refractivity contribution is 6.36. The van der Waals surface area contributed by atoms with E-state index in [1.54, 1.807) is 30.3 Å². The maximum Gasteiger partial charge on any atom is 0.339 e. The molecule has 6 heteroatoms. The minimum absolute atomic E-state index is 0.272. The molecule has 0 heterocycles. The summed E-state index contributed by atoms with van der Waals surface area (Å²) in [6.45, 7) is 0. The van der Waals surface area contributed by atoms with Crippen LogP contribution >= 0.6 is 11.6 Å². The van der Waals surface area contributed by atoms with Gasteiger partial charge in [0.05, 0.1) is 0 Å². The first-order valence-electron chi connectivity index (χ1n) is 7.02. The van der Waals surface area contributed by atoms with Crippen molar-refractivity contribution in [1.82, 2.24) is 0 Å². The van der Waals surface area contributed by atoms with Gasteiger partial charge < -0.3 is 15.5 Å². The maximum absolute atomic E-state index is 12.5. The van der Waals surface area contributed by atoms with Crippen molar-refractivity contribution in [3.63, 3.8) is 0 Å².